The van der Waals surface area contributed by atoms with Gasteiger partial charge in [0, 0.05) is 23.0 Å². The molecule has 4 nitrogen and oxygen atoms in total. The van der Waals surface area contributed by atoms with Gasteiger partial charge < -0.3 is 0 Å². The topological polar surface area (TPSA) is 42.3 Å². The number of amides is 1. The first kappa shape index (κ1) is 17.8. The highest BCUT2D eigenvalue weighted by molar-refractivity contribution is 6.30. The summed E-state index contributed by atoms with van der Waals surface area (Å²) in [5.74, 6) is 0.445. The van der Waals surface area contributed by atoms with Crippen LogP contribution in [0.25, 0.3) is 0 Å². The Labute approximate surface area is 166 Å². The maximum atomic E-state index is 12.7. The maximum absolute atomic E-state index is 12.7. The van der Waals surface area contributed by atoms with Crippen LogP contribution in [-0.4, -0.2) is 10.5 Å². The van der Waals surface area contributed by atoms with E-state index in [-0.39, 0.29) is 23.6 Å². The number of halogens is 2. The second-order valence-corrected chi connectivity index (χ2v) is 7.35. The third-order valence-corrected chi connectivity index (χ3v) is 5.34. The summed E-state index contributed by atoms with van der Waals surface area (Å²) in [6.45, 7) is 1.51. The molecule has 1 amide bonds. The summed E-state index contributed by atoms with van der Waals surface area (Å²) in [6, 6.07) is 19.0. The van der Waals surface area contributed by atoms with E-state index in [1.165, 1.54) is 13.0 Å². The molecule has 0 N–H and O–H groups in total. The molecule has 2 atom stereocenters. The molecule has 4 rings (SSSR count). The molecule has 0 bridgehead atoms. The van der Waals surface area contributed by atoms with Crippen molar-refractivity contribution >= 4 is 34.9 Å². The van der Waals surface area contributed by atoms with Crippen LogP contribution in [0.4, 0.5) is 5.82 Å². The van der Waals surface area contributed by atoms with E-state index < -0.39 is 0 Å². The quantitative estimate of drug-likeness (QED) is 0.618. The highest BCUT2D eigenvalue weighted by atomic mass is 35.5. The zero-order chi connectivity index (χ0) is 19.1. The van der Waals surface area contributed by atoms with Gasteiger partial charge in [0.15, 0.2) is 0 Å². The number of nitrogens with zero attached hydrogens (tertiary/aromatic N) is 2. The predicted molar refractivity (Wildman–Crippen MR) is 108 cm³/mol. The molecule has 1 aliphatic heterocycles. The number of anilines is 1. The van der Waals surface area contributed by atoms with Crippen LogP contribution in [0.15, 0.2) is 71.5 Å². The molecular formula is C21H16Cl2N2O2. The van der Waals surface area contributed by atoms with Crippen molar-refractivity contribution in [3.8, 4) is 0 Å². The van der Waals surface area contributed by atoms with Crippen LogP contribution >= 0.6 is 23.2 Å². The van der Waals surface area contributed by atoms with E-state index in [1.807, 2.05) is 24.3 Å². The minimum Gasteiger partial charge on any atom is -0.288 e. The Bertz CT molecular complexity index is 1060. The number of hydrogen-bond donors (Lipinski definition) is 0. The van der Waals surface area contributed by atoms with E-state index in [9.17, 15) is 9.59 Å². The smallest absolute Gasteiger partial charge is 0.252 e. The lowest BCUT2D eigenvalue weighted by atomic mass is 9.93. The van der Waals surface area contributed by atoms with Gasteiger partial charge in [0.25, 0.3) is 5.56 Å². The van der Waals surface area contributed by atoms with E-state index in [1.54, 1.807) is 45.9 Å². The van der Waals surface area contributed by atoms with Crippen molar-refractivity contribution in [3.63, 3.8) is 0 Å². The monoisotopic (exact) mass is 398 g/mol. The lowest BCUT2D eigenvalue weighted by Crippen LogP contribution is -2.31. The van der Waals surface area contributed by atoms with Crippen molar-refractivity contribution in [1.82, 2.24) is 4.57 Å². The summed E-state index contributed by atoms with van der Waals surface area (Å²) in [4.78, 5) is 27.0. The summed E-state index contributed by atoms with van der Waals surface area (Å²) >= 11 is 12.1. The molecule has 2 heterocycles. The average Bonchev–Trinajstić information content (AvgIpc) is 3.00. The summed E-state index contributed by atoms with van der Waals surface area (Å²) < 4.78 is 1.67. The molecule has 6 heteroatoms. The molecular weight excluding hydrogens is 383 g/mol. The molecule has 1 aliphatic rings. The first-order chi connectivity index (χ1) is 13.0. The van der Waals surface area contributed by atoms with Gasteiger partial charge in [0.2, 0.25) is 5.91 Å². The van der Waals surface area contributed by atoms with Crippen LogP contribution in [0.3, 0.4) is 0 Å². The van der Waals surface area contributed by atoms with Gasteiger partial charge in [-0.1, -0.05) is 53.5 Å². The molecule has 2 unspecified atom stereocenters. The van der Waals surface area contributed by atoms with Gasteiger partial charge >= 0.3 is 0 Å². The Morgan fingerprint density at radius 2 is 1.33 bits per heavy atom. The maximum Gasteiger partial charge on any atom is 0.252 e. The molecule has 1 aromatic heterocycles. The van der Waals surface area contributed by atoms with Gasteiger partial charge in [-0.25, -0.2) is 0 Å². The Kier molecular flexibility index (Phi) is 4.54. The van der Waals surface area contributed by atoms with Gasteiger partial charge in [-0.3, -0.25) is 19.1 Å². The van der Waals surface area contributed by atoms with E-state index in [0.29, 0.717) is 15.9 Å². The van der Waals surface area contributed by atoms with E-state index in [2.05, 4.69) is 0 Å². The largest absolute Gasteiger partial charge is 0.288 e. The average molecular weight is 399 g/mol. The van der Waals surface area contributed by atoms with Crippen LogP contribution in [-0.2, 0) is 4.79 Å². The molecule has 0 radical (unpaired) electrons. The Morgan fingerprint density at radius 3 is 1.85 bits per heavy atom. The van der Waals surface area contributed by atoms with Crippen LogP contribution in [0.1, 0.15) is 30.1 Å². The fraction of sp³-hybridized carbons (Fsp3) is 0.143. The van der Waals surface area contributed by atoms with Gasteiger partial charge in [-0.2, -0.15) is 0 Å². The second kappa shape index (κ2) is 6.87. The first-order valence-corrected chi connectivity index (χ1v) is 9.25. The minimum atomic E-state index is -0.365. The van der Waals surface area contributed by atoms with Gasteiger partial charge in [-0.15, -0.1) is 0 Å². The Morgan fingerprint density at radius 1 is 0.815 bits per heavy atom. The van der Waals surface area contributed by atoms with Crippen LogP contribution in [0.5, 0.6) is 0 Å². The molecule has 2 aromatic carbocycles. The third-order valence-electron chi connectivity index (χ3n) is 4.83. The molecule has 0 fully saturated rings. The summed E-state index contributed by atoms with van der Waals surface area (Å²) in [5.41, 5.74) is 1.64. The highest BCUT2D eigenvalue weighted by Gasteiger charge is 2.42. The summed E-state index contributed by atoms with van der Waals surface area (Å²) in [6.07, 6.45) is 0. The molecule has 0 saturated heterocycles. The number of benzene rings is 2. The van der Waals surface area contributed by atoms with E-state index in [4.69, 9.17) is 23.2 Å². The van der Waals surface area contributed by atoms with Crippen molar-refractivity contribution in [2.75, 3.05) is 4.90 Å². The lowest BCUT2D eigenvalue weighted by Gasteiger charge is -2.27. The van der Waals surface area contributed by atoms with E-state index in [0.717, 1.165) is 11.1 Å². The molecule has 0 aliphatic carbocycles. The van der Waals surface area contributed by atoms with Crippen molar-refractivity contribution in [3.05, 3.63) is 98.3 Å². The molecule has 27 heavy (non-hydrogen) atoms. The summed E-state index contributed by atoms with van der Waals surface area (Å²) in [7, 11) is 0. The Balaban J connectivity index is 1.99. The lowest BCUT2D eigenvalue weighted by molar-refractivity contribution is -0.117. The predicted octanol–water partition coefficient (Wildman–Crippen LogP) is 4.85. The Hall–Kier alpha value is -2.56. The van der Waals surface area contributed by atoms with Crippen molar-refractivity contribution < 1.29 is 4.79 Å². The van der Waals surface area contributed by atoms with Gasteiger partial charge in [0.05, 0.1) is 12.1 Å². The molecule has 0 saturated carbocycles. The molecule has 3 aromatic rings. The summed E-state index contributed by atoms with van der Waals surface area (Å²) in [5, 5.41) is 1.23. The van der Waals surface area contributed by atoms with Crippen molar-refractivity contribution in [2.24, 2.45) is 0 Å². The van der Waals surface area contributed by atoms with E-state index >= 15 is 0 Å². The van der Waals surface area contributed by atoms with Crippen LogP contribution < -0.4 is 10.5 Å². The van der Waals surface area contributed by atoms with Crippen molar-refractivity contribution in [2.45, 2.75) is 19.0 Å². The second-order valence-electron chi connectivity index (χ2n) is 6.47. The van der Waals surface area contributed by atoms with Gasteiger partial charge in [-0.05, 0) is 41.5 Å². The van der Waals surface area contributed by atoms with Crippen molar-refractivity contribution in [1.29, 1.82) is 0 Å². The number of hydrogen-bond acceptors (Lipinski definition) is 2. The zero-order valence-electron chi connectivity index (χ0n) is 14.5. The molecule has 0 spiro atoms. The number of carbonyl (C=O) groups excluding carboxylic acids is 1. The SMILES string of the molecule is CC(=O)N1c2cccc(=O)n2C(c2ccc(Cl)cc2)C1c1ccc(Cl)cc1. The normalized spacial score (nSPS) is 18.4. The first-order valence-electron chi connectivity index (χ1n) is 8.49. The zero-order valence-corrected chi connectivity index (χ0v) is 16.0. The fourth-order valence-corrected chi connectivity index (χ4v) is 3.98. The number of rotatable bonds is 2. The number of pyridine rings is 1. The minimum absolute atomic E-state index is 0.134. The molecule has 136 valence electrons. The van der Waals surface area contributed by atoms with Crippen LogP contribution in [0.2, 0.25) is 10.0 Å². The third kappa shape index (κ3) is 3.05. The fourth-order valence-electron chi connectivity index (χ4n) is 3.73. The highest BCUT2D eigenvalue weighted by Crippen LogP contribution is 2.46. The number of fused-ring (bicyclic) bond motifs is 1. The van der Waals surface area contributed by atoms with Gasteiger partial charge in [0.1, 0.15) is 5.82 Å². The number of aromatic nitrogens is 1. The standard InChI is InChI=1S/C21H16Cl2N2O2/c1-13(26)24-18-3-2-4-19(27)25(18)21(15-7-11-17(23)12-8-15)20(24)14-5-9-16(22)10-6-14/h2-12,20-21H,1H3. The van der Waals surface area contributed by atoms with Crippen LogP contribution in [0, 0.1) is 0 Å². The number of carbonyl (C=O) groups is 1.